The molecule has 0 aliphatic carbocycles. The molecule has 0 saturated heterocycles. The molecule has 0 spiro atoms. The molecule has 0 atom stereocenters. The zero-order chi connectivity index (χ0) is 9.84. The van der Waals surface area contributed by atoms with Crippen LogP contribution in [0.15, 0.2) is 30.4 Å². The van der Waals surface area contributed by atoms with E-state index in [1.54, 1.807) is 0 Å². The van der Waals surface area contributed by atoms with E-state index in [9.17, 15) is 0 Å². The highest BCUT2D eigenvalue weighted by Gasteiger charge is 1.96. The van der Waals surface area contributed by atoms with Crippen molar-refractivity contribution < 1.29 is 4.74 Å². The molecule has 70 valence electrons. The SMILES string of the molecule is C=C(C)COc1cc(C)cc(C)c1. The van der Waals surface area contributed by atoms with Crippen molar-refractivity contribution in [2.75, 3.05) is 6.61 Å². The molecule has 1 aromatic rings. The van der Waals surface area contributed by atoms with Gasteiger partial charge in [-0.3, -0.25) is 0 Å². The average molecular weight is 176 g/mol. The maximum absolute atomic E-state index is 5.53. The van der Waals surface area contributed by atoms with Crippen LogP contribution in [0, 0.1) is 13.8 Å². The van der Waals surface area contributed by atoms with E-state index in [1.165, 1.54) is 11.1 Å². The molecule has 0 radical (unpaired) electrons. The second-order valence-corrected chi connectivity index (χ2v) is 3.57. The fraction of sp³-hybridized carbons (Fsp3) is 0.333. The molecule has 0 N–H and O–H groups in total. The van der Waals surface area contributed by atoms with Crippen LogP contribution in [0.25, 0.3) is 0 Å². The van der Waals surface area contributed by atoms with Crippen molar-refractivity contribution in [2.24, 2.45) is 0 Å². The molecule has 0 aromatic heterocycles. The third-order valence-corrected chi connectivity index (χ3v) is 1.68. The van der Waals surface area contributed by atoms with E-state index in [2.05, 4.69) is 26.5 Å². The molecule has 1 rings (SSSR count). The van der Waals surface area contributed by atoms with Gasteiger partial charge in [-0.05, 0) is 49.6 Å². The van der Waals surface area contributed by atoms with Crippen LogP contribution in [0.5, 0.6) is 5.75 Å². The molecule has 13 heavy (non-hydrogen) atoms. The topological polar surface area (TPSA) is 9.23 Å². The van der Waals surface area contributed by atoms with Gasteiger partial charge in [0.15, 0.2) is 0 Å². The van der Waals surface area contributed by atoms with Gasteiger partial charge in [0, 0.05) is 0 Å². The highest BCUT2D eigenvalue weighted by molar-refractivity contribution is 5.33. The average Bonchev–Trinajstić information content (AvgIpc) is 1.99. The standard InChI is InChI=1S/C12H16O/c1-9(2)8-13-12-6-10(3)5-11(4)7-12/h5-7H,1,8H2,2-4H3. The second-order valence-electron chi connectivity index (χ2n) is 3.57. The lowest BCUT2D eigenvalue weighted by molar-refractivity contribution is 0.352. The Morgan fingerprint density at radius 1 is 1.23 bits per heavy atom. The Bertz CT molecular complexity index is 293. The number of ether oxygens (including phenoxy) is 1. The molecule has 1 heteroatoms. The molecule has 0 aliphatic heterocycles. The molecule has 0 saturated carbocycles. The van der Waals surface area contributed by atoms with Crippen molar-refractivity contribution in [2.45, 2.75) is 20.8 Å². The molecule has 0 bridgehead atoms. The van der Waals surface area contributed by atoms with Crippen molar-refractivity contribution in [1.82, 2.24) is 0 Å². The fourth-order valence-corrected chi connectivity index (χ4v) is 1.22. The normalized spacial score (nSPS) is 9.77. The number of rotatable bonds is 3. The minimum Gasteiger partial charge on any atom is -0.489 e. The van der Waals surface area contributed by atoms with E-state index in [-0.39, 0.29) is 0 Å². The van der Waals surface area contributed by atoms with Gasteiger partial charge >= 0.3 is 0 Å². The zero-order valence-corrected chi connectivity index (χ0v) is 8.55. The first kappa shape index (κ1) is 9.85. The molecular weight excluding hydrogens is 160 g/mol. The van der Waals surface area contributed by atoms with E-state index >= 15 is 0 Å². The number of hydrogen-bond acceptors (Lipinski definition) is 1. The van der Waals surface area contributed by atoms with Crippen molar-refractivity contribution >= 4 is 0 Å². The molecule has 0 unspecified atom stereocenters. The largest absolute Gasteiger partial charge is 0.489 e. The molecular formula is C12H16O. The van der Waals surface area contributed by atoms with Gasteiger partial charge in [0.25, 0.3) is 0 Å². The summed E-state index contributed by atoms with van der Waals surface area (Å²) in [5.74, 6) is 0.931. The van der Waals surface area contributed by atoms with Gasteiger partial charge in [-0.15, -0.1) is 0 Å². The van der Waals surface area contributed by atoms with Gasteiger partial charge in [0.2, 0.25) is 0 Å². The van der Waals surface area contributed by atoms with E-state index < -0.39 is 0 Å². The summed E-state index contributed by atoms with van der Waals surface area (Å²) < 4.78 is 5.53. The van der Waals surface area contributed by atoms with Crippen LogP contribution < -0.4 is 4.74 Å². The summed E-state index contributed by atoms with van der Waals surface area (Å²) in [6.07, 6.45) is 0. The van der Waals surface area contributed by atoms with Gasteiger partial charge in [-0.1, -0.05) is 12.6 Å². The Morgan fingerprint density at radius 3 is 2.23 bits per heavy atom. The van der Waals surface area contributed by atoms with Gasteiger partial charge < -0.3 is 4.74 Å². The van der Waals surface area contributed by atoms with Crippen molar-refractivity contribution in [1.29, 1.82) is 0 Å². The fourth-order valence-electron chi connectivity index (χ4n) is 1.22. The van der Waals surface area contributed by atoms with Crippen LogP contribution in [-0.4, -0.2) is 6.61 Å². The number of aryl methyl sites for hydroxylation is 2. The second kappa shape index (κ2) is 4.13. The van der Waals surface area contributed by atoms with Crippen LogP contribution in [0.1, 0.15) is 18.1 Å². The maximum Gasteiger partial charge on any atom is 0.120 e. The lowest BCUT2D eigenvalue weighted by atomic mass is 10.1. The van der Waals surface area contributed by atoms with Crippen LogP contribution in [0.4, 0.5) is 0 Å². The van der Waals surface area contributed by atoms with E-state index in [0.717, 1.165) is 11.3 Å². The molecule has 1 aromatic carbocycles. The smallest absolute Gasteiger partial charge is 0.120 e. The number of hydrogen-bond donors (Lipinski definition) is 0. The predicted molar refractivity (Wildman–Crippen MR) is 56.2 cm³/mol. The minimum atomic E-state index is 0.600. The van der Waals surface area contributed by atoms with E-state index in [4.69, 9.17) is 4.74 Å². The minimum absolute atomic E-state index is 0.600. The Hall–Kier alpha value is -1.24. The van der Waals surface area contributed by atoms with Crippen LogP contribution in [-0.2, 0) is 0 Å². The molecule has 0 fully saturated rings. The summed E-state index contributed by atoms with van der Waals surface area (Å²) in [4.78, 5) is 0. The molecule has 0 aliphatic rings. The first-order chi connectivity index (χ1) is 6.08. The summed E-state index contributed by atoms with van der Waals surface area (Å²) in [6, 6.07) is 6.21. The van der Waals surface area contributed by atoms with Crippen LogP contribution in [0.2, 0.25) is 0 Å². The third-order valence-electron chi connectivity index (χ3n) is 1.68. The Labute approximate surface area is 80.0 Å². The van der Waals surface area contributed by atoms with E-state index in [0.29, 0.717) is 6.61 Å². The highest BCUT2D eigenvalue weighted by Crippen LogP contribution is 2.16. The summed E-state index contributed by atoms with van der Waals surface area (Å²) in [5.41, 5.74) is 3.51. The van der Waals surface area contributed by atoms with Crippen LogP contribution in [0.3, 0.4) is 0 Å². The van der Waals surface area contributed by atoms with E-state index in [1.807, 2.05) is 19.1 Å². The monoisotopic (exact) mass is 176 g/mol. The molecule has 0 heterocycles. The van der Waals surface area contributed by atoms with Gasteiger partial charge in [-0.2, -0.15) is 0 Å². The Morgan fingerprint density at radius 2 is 1.77 bits per heavy atom. The summed E-state index contributed by atoms with van der Waals surface area (Å²) in [7, 11) is 0. The Kier molecular flexibility index (Phi) is 3.13. The van der Waals surface area contributed by atoms with Crippen LogP contribution >= 0.6 is 0 Å². The highest BCUT2D eigenvalue weighted by atomic mass is 16.5. The summed E-state index contributed by atoms with van der Waals surface area (Å²) >= 11 is 0. The Balaban J connectivity index is 2.71. The van der Waals surface area contributed by atoms with Crippen molar-refractivity contribution in [3.8, 4) is 5.75 Å². The zero-order valence-electron chi connectivity index (χ0n) is 8.55. The first-order valence-corrected chi connectivity index (χ1v) is 4.43. The molecule has 0 amide bonds. The summed E-state index contributed by atoms with van der Waals surface area (Å²) in [5, 5.41) is 0. The molecule has 1 nitrogen and oxygen atoms in total. The van der Waals surface area contributed by atoms with Gasteiger partial charge in [0.05, 0.1) is 0 Å². The quantitative estimate of drug-likeness (QED) is 0.642. The summed E-state index contributed by atoms with van der Waals surface area (Å²) in [6.45, 7) is 10.5. The van der Waals surface area contributed by atoms with Gasteiger partial charge in [-0.25, -0.2) is 0 Å². The van der Waals surface area contributed by atoms with Gasteiger partial charge in [0.1, 0.15) is 12.4 Å². The lowest BCUT2D eigenvalue weighted by Gasteiger charge is -2.07. The maximum atomic E-state index is 5.53. The third kappa shape index (κ3) is 3.32. The van der Waals surface area contributed by atoms with Crippen molar-refractivity contribution in [3.63, 3.8) is 0 Å². The first-order valence-electron chi connectivity index (χ1n) is 4.43. The predicted octanol–water partition coefficient (Wildman–Crippen LogP) is 3.26. The lowest BCUT2D eigenvalue weighted by Crippen LogP contribution is -1.97. The van der Waals surface area contributed by atoms with Crippen molar-refractivity contribution in [3.05, 3.63) is 41.5 Å². The number of benzene rings is 1.